The molecule has 0 amide bonds. The summed E-state index contributed by atoms with van der Waals surface area (Å²) in [6.45, 7) is 4.01. The summed E-state index contributed by atoms with van der Waals surface area (Å²) in [5.41, 5.74) is 6.36. The molecule has 0 fully saturated rings. The van der Waals surface area contributed by atoms with E-state index in [4.69, 9.17) is 14.2 Å². The molecule has 0 radical (unpaired) electrons. The smallest absolute Gasteiger partial charge is 0.212 e. The van der Waals surface area contributed by atoms with Crippen molar-refractivity contribution in [3.63, 3.8) is 0 Å². The molecule has 5 aliphatic rings. The Bertz CT molecular complexity index is 1750. The van der Waals surface area contributed by atoms with Crippen molar-refractivity contribution >= 4 is 0 Å². The second-order valence-electron chi connectivity index (χ2n) is 12.4. The summed E-state index contributed by atoms with van der Waals surface area (Å²) in [4.78, 5) is 4.74. The van der Waals surface area contributed by atoms with Crippen molar-refractivity contribution in [3.05, 3.63) is 94.0 Å². The van der Waals surface area contributed by atoms with E-state index in [-0.39, 0.29) is 17.5 Å². The Morgan fingerprint density at radius 3 is 2.31 bits per heavy atom. The van der Waals surface area contributed by atoms with Crippen LogP contribution in [0.1, 0.15) is 46.3 Å². The van der Waals surface area contributed by atoms with Gasteiger partial charge < -0.3 is 24.4 Å². The van der Waals surface area contributed by atoms with Gasteiger partial charge in [0.25, 0.3) is 0 Å². The van der Waals surface area contributed by atoms with Gasteiger partial charge in [-0.3, -0.25) is 9.80 Å². The minimum absolute atomic E-state index is 0.106. The van der Waals surface area contributed by atoms with Crippen LogP contribution in [0.4, 0.5) is 0 Å². The molecule has 2 atom stereocenters. The monoisotopic (exact) mass is 562 g/mol. The lowest BCUT2D eigenvalue weighted by Gasteiger charge is -2.46. The van der Waals surface area contributed by atoms with Gasteiger partial charge in [0.15, 0.2) is 34.5 Å². The Morgan fingerprint density at radius 2 is 1.48 bits per heavy atom. The molecule has 2 N–H and O–H groups in total. The zero-order valence-corrected chi connectivity index (χ0v) is 24.1. The Morgan fingerprint density at radius 1 is 0.738 bits per heavy atom. The SMILES string of the molecule is CN1CCc2cc3c4cc2C1Cc1ccc(O)c(c1)Oc1ccc(cc1)CC1(C)c2c(cc(O)c(c2O4)O3)CCN1C. The molecule has 5 heterocycles. The van der Waals surface area contributed by atoms with Crippen molar-refractivity contribution in [1.82, 2.24) is 9.80 Å². The third-order valence-electron chi connectivity index (χ3n) is 9.80. The van der Waals surface area contributed by atoms with Gasteiger partial charge in [0.05, 0.1) is 5.54 Å². The van der Waals surface area contributed by atoms with Crippen LogP contribution >= 0.6 is 0 Å². The van der Waals surface area contributed by atoms with E-state index in [1.807, 2.05) is 30.3 Å². The number of likely N-dealkylation sites (N-methyl/N-ethyl adjacent to an activating group) is 2. The fourth-order valence-corrected chi connectivity index (χ4v) is 7.28. The molecular formula is C35H34N2O5. The maximum Gasteiger partial charge on any atom is 0.212 e. The van der Waals surface area contributed by atoms with Crippen molar-refractivity contribution in [1.29, 1.82) is 0 Å². The first-order chi connectivity index (χ1) is 20.3. The Hall–Kier alpha value is -4.20. The van der Waals surface area contributed by atoms with Crippen molar-refractivity contribution < 1.29 is 24.4 Å². The maximum absolute atomic E-state index is 11.1. The topological polar surface area (TPSA) is 74.6 Å². The molecule has 2 unspecified atom stereocenters. The minimum Gasteiger partial charge on any atom is -0.504 e. The molecule has 9 rings (SSSR count). The molecule has 5 aliphatic heterocycles. The molecule has 0 aromatic heterocycles. The number of fused-ring (bicyclic) bond motifs is 2. The number of aromatic hydroxyl groups is 2. The summed E-state index contributed by atoms with van der Waals surface area (Å²) in [6.07, 6.45) is 3.17. The normalized spacial score (nSPS) is 22.5. The fraction of sp³-hybridized carbons (Fsp3) is 0.314. The van der Waals surface area contributed by atoms with Crippen molar-refractivity contribution in [3.8, 4) is 46.0 Å². The summed E-state index contributed by atoms with van der Waals surface area (Å²) < 4.78 is 19.5. The van der Waals surface area contributed by atoms with Gasteiger partial charge in [-0.2, -0.15) is 0 Å². The maximum atomic E-state index is 11.1. The molecule has 7 heteroatoms. The molecule has 42 heavy (non-hydrogen) atoms. The predicted octanol–water partition coefficient (Wildman–Crippen LogP) is 6.82. The average molecular weight is 563 g/mol. The van der Waals surface area contributed by atoms with Crippen LogP contribution < -0.4 is 14.2 Å². The van der Waals surface area contributed by atoms with Gasteiger partial charge in [-0.25, -0.2) is 0 Å². The fourth-order valence-electron chi connectivity index (χ4n) is 7.28. The molecule has 0 saturated carbocycles. The molecule has 0 spiro atoms. The van der Waals surface area contributed by atoms with E-state index >= 15 is 0 Å². The van der Waals surface area contributed by atoms with Crippen LogP contribution in [-0.2, 0) is 31.2 Å². The van der Waals surface area contributed by atoms with E-state index < -0.39 is 5.54 Å². The molecule has 4 aromatic rings. The molecule has 0 saturated heterocycles. The lowest BCUT2D eigenvalue weighted by Crippen LogP contribution is -2.48. The average Bonchev–Trinajstić information content (AvgIpc) is 2.97. The lowest BCUT2D eigenvalue weighted by atomic mass is 9.77. The van der Waals surface area contributed by atoms with Gasteiger partial charge in [-0.1, -0.05) is 18.2 Å². The highest BCUT2D eigenvalue weighted by Gasteiger charge is 2.43. The number of nitrogens with zero attached hydrogens (tertiary/aromatic N) is 2. The lowest BCUT2D eigenvalue weighted by molar-refractivity contribution is 0.118. The molecule has 4 aromatic carbocycles. The highest BCUT2D eigenvalue weighted by atomic mass is 16.6. The highest BCUT2D eigenvalue weighted by Crippen LogP contribution is 2.57. The minimum atomic E-state index is -0.413. The van der Waals surface area contributed by atoms with E-state index in [0.717, 1.165) is 61.0 Å². The zero-order chi connectivity index (χ0) is 28.7. The van der Waals surface area contributed by atoms with E-state index in [9.17, 15) is 10.2 Å². The van der Waals surface area contributed by atoms with Crippen LogP contribution in [0.15, 0.2) is 60.7 Å². The van der Waals surface area contributed by atoms with Crippen LogP contribution in [0.3, 0.4) is 0 Å². The summed E-state index contributed by atoms with van der Waals surface area (Å²) >= 11 is 0. The largest absolute Gasteiger partial charge is 0.504 e. The number of rotatable bonds is 0. The van der Waals surface area contributed by atoms with Gasteiger partial charge in [0.1, 0.15) is 5.75 Å². The first-order valence-corrected chi connectivity index (χ1v) is 14.7. The number of hydrogen-bond donors (Lipinski definition) is 2. The van der Waals surface area contributed by atoms with Crippen molar-refractivity contribution in [2.24, 2.45) is 0 Å². The predicted molar refractivity (Wildman–Crippen MR) is 159 cm³/mol. The summed E-state index contributed by atoms with van der Waals surface area (Å²) in [5, 5.41) is 21.8. The highest BCUT2D eigenvalue weighted by molar-refractivity contribution is 5.68. The number of phenols is 2. The van der Waals surface area contributed by atoms with Crippen LogP contribution in [0, 0.1) is 0 Å². The van der Waals surface area contributed by atoms with Gasteiger partial charge in [0.2, 0.25) is 5.75 Å². The molecule has 7 bridgehead atoms. The van der Waals surface area contributed by atoms with Gasteiger partial charge >= 0.3 is 0 Å². The second-order valence-corrected chi connectivity index (χ2v) is 12.4. The zero-order valence-electron chi connectivity index (χ0n) is 24.1. The molecular weight excluding hydrogens is 528 g/mol. The van der Waals surface area contributed by atoms with Gasteiger partial charge in [-0.05, 0) is 117 Å². The summed E-state index contributed by atoms with van der Waals surface area (Å²) in [5.74, 6) is 3.66. The number of benzene rings is 4. The third kappa shape index (κ3) is 3.87. The number of phenolic OH excluding ortho intramolecular Hbond substituents is 2. The summed E-state index contributed by atoms with van der Waals surface area (Å²) in [7, 11) is 4.30. The standard InChI is InChI=1S/C35H34N2O5/c1-35-19-20-4-7-24(8-5-20)40-29-15-21(6-9-27(29)38)14-26-25-18-31-30(17-22(25)10-12-36(26)2)41-33-28(39)16-23(11-13-37(35)3)32(35)34(33)42-31/h4-9,15-18,26,38-39H,10-14,19H2,1-3H3. The van der Waals surface area contributed by atoms with E-state index in [1.165, 1.54) is 11.1 Å². The quantitative estimate of drug-likeness (QED) is 0.215. The molecule has 214 valence electrons. The Balaban J connectivity index is 1.35. The Kier molecular flexibility index (Phi) is 5.56. The van der Waals surface area contributed by atoms with Crippen LogP contribution in [0.5, 0.6) is 46.0 Å². The first kappa shape index (κ1) is 25.5. The Labute approximate surface area is 245 Å². The number of ether oxygens (including phenoxy) is 3. The molecule has 7 nitrogen and oxygen atoms in total. The van der Waals surface area contributed by atoms with Crippen LogP contribution in [0.25, 0.3) is 0 Å². The second kappa shape index (κ2) is 9.15. The van der Waals surface area contributed by atoms with Crippen molar-refractivity contribution in [2.45, 2.75) is 44.2 Å². The van der Waals surface area contributed by atoms with Crippen LogP contribution in [0.2, 0.25) is 0 Å². The number of hydrogen-bond acceptors (Lipinski definition) is 7. The summed E-state index contributed by atoms with van der Waals surface area (Å²) in [6, 6.07) is 19.9. The third-order valence-corrected chi connectivity index (χ3v) is 9.80. The molecule has 0 aliphatic carbocycles. The van der Waals surface area contributed by atoms with E-state index in [1.54, 1.807) is 6.07 Å². The van der Waals surface area contributed by atoms with E-state index in [0.29, 0.717) is 34.5 Å². The van der Waals surface area contributed by atoms with E-state index in [2.05, 4.69) is 55.1 Å². The van der Waals surface area contributed by atoms with Gasteiger partial charge in [0, 0.05) is 24.7 Å². The first-order valence-electron chi connectivity index (χ1n) is 14.7. The van der Waals surface area contributed by atoms with Crippen LogP contribution in [-0.4, -0.2) is 47.2 Å². The van der Waals surface area contributed by atoms with Crippen molar-refractivity contribution in [2.75, 3.05) is 27.2 Å². The van der Waals surface area contributed by atoms with Gasteiger partial charge in [-0.15, -0.1) is 0 Å².